The van der Waals surface area contributed by atoms with Gasteiger partial charge < -0.3 is 15.6 Å². The minimum absolute atomic E-state index is 0.0875. The highest BCUT2D eigenvalue weighted by atomic mass is 35.5. The Labute approximate surface area is 184 Å². The van der Waals surface area contributed by atoms with Crippen LogP contribution in [0.5, 0.6) is 0 Å². The molecular formula is C19H13Cl2N7OS. The summed E-state index contributed by atoms with van der Waals surface area (Å²) < 4.78 is 0. The fraction of sp³-hybridized carbons (Fsp3) is 0. The molecule has 0 unspecified atom stereocenters. The molecule has 0 aliphatic carbocycles. The van der Waals surface area contributed by atoms with Crippen molar-refractivity contribution in [1.29, 1.82) is 0 Å². The Hall–Kier alpha value is -3.27. The topological polar surface area (TPSA) is 107 Å². The molecule has 2 heterocycles. The highest BCUT2D eigenvalue weighted by Crippen LogP contribution is 2.33. The second-order valence-corrected chi connectivity index (χ2v) is 7.53. The van der Waals surface area contributed by atoms with E-state index in [0.29, 0.717) is 38.1 Å². The number of nitrogens with one attached hydrogen (secondary N) is 3. The van der Waals surface area contributed by atoms with E-state index in [4.69, 9.17) is 23.2 Å². The Balaban J connectivity index is 1.76. The largest absolute Gasteiger partial charge is 0.351 e. The molecule has 0 bridgehead atoms. The molecule has 2 aromatic carbocycles. The van der Waals surface area contributed by atoms with Crippen molar-refractivity contribution in [2.24, 2.45) is 10.2 Å². The van der Waals surface area contributed by atoms with Crippen LogP contribution in [0.1, 0.15) is 0 Å². The molecule has 0 amide bonds. The van der Waals surface area contributed by atoms with Crippen molar-refractivity contribution in [1.82, 2.24) is 15.2 Å². The van der Waals surface area contributed by atoms with Crippen LogP contribution in [0.3, 0.4) is 0 Å². The number of benzene rings is 2. The summed E-state index contributed by atoms with van der Waals surface area (Å²) in [7, 11) is 0. The average molecular weight is 458 g/mol. The van der Waals surface area contributed by atoms with Crippen LogP contribution >= 0.6 is 34.5 Å². The third kappa shape index (κ3) is 4.65. The van der Waals surface area contributed by atoms with Gasteiger partial charge in [-0.2, -0.15) is 0 Å². The lowest BCUT2D eigenvalue weighted by atomic mass is 10.2. The first-order valence-electron chi connectivity index (χ1n) is 8.58. The Kier molecular flexibility index (Phi) is 6.03. The number of para-hydroxylation sites is 2. The molecule has 2 aromatic heterocycles. The highest BCUT2D eigenvalue weighted by molar-refractivity contribution is 7.13. The second kappa shape index (κ2) is 9.04. The zero-order chi connectivity index (χ0) is 20.9. The van der Waals surface area contributed by atoms with E-state index in [9.17, 15) is 4.79 Å². The van der Waals surface area contributed by atoms with E-state index >= 15 is 0 Å². The van der Waals surface area contributed by atoms with Gasteiger partial charge in [0.05, 0.1) is 27.1 Å². The van der Waals surface area contributed by atoms with Gasteiger partial charge in [0.2, 0.25) is 0 Å². The van der Waals surface area contributed by atoms with Crippen molar-refractivity contribution in [3.05, 3.63) is 80.5 Å². The van der Waals surface area contributed by atoms with Gasteiger partial charge in [-0.1, -0.05) is 58.8 Å². The van der Waals surface area contributed by atoms with E-state index in [0.717, 1.165) is 0 Å². The molecule has 0 saturated carbocycles. The molecule has 0 saturated heterocycles. The molecule has 0 fully saturated rings. The van der Waals surface area contributed by atoms with E-state index in [2.05, 4.69) is 36.0 Å². The normalized spacial score (nSPS) is 11.0. The number of nitrogens with zero attached hydrogens (tertiary/aromatic N) is 4. The molecule has 150 valence electrons. The molecule has 3 N–H and O–H groups in total. The molecule has 0 aliphatic rings. The first kappa shape index (κ1) is 20.0. The number of hydrogen-bond donors (Lipinski definition) is 3. The smallest absolute Gasteiger partial charge is 0.277 e. The fourth-order valence-corrected chi connectivity index (χ4v) is 3.24. The molecule has 8 nitrogen and oxygen atoms in total. The first-order chi connectivity index (χ1) is 14.6. The molecule has 4 rings (SSSR count). The number of pyridine rings is 1. The molecule has 11 heteroatoms. The number of halogens is 2. The maximum atomic E-state index is 12.6. The van der Waals surface area contributed by atoms with E-state index in [1.807, 2.05) is 30.3 Å². The van der Waals surface area contributed by atoms with Crippen molar-refractivity contribution in [3.8, 4) is 0 Å². The third-order valence-electron chi connectivity index (χ3n) is 3.89. The first-order valence-corrected chi connectivity index (χ1v) is 10.2. The van der Waals surface area contributed by atoms with Crippen molar-refractivity contribution in [2.75, 3.05) is 10.6 Å². The summed E-state index contributed by atoms with van der Waals surface area (Å²) in [6, 6.07) is 16.0. The third-order valence-corrected chi connectivity index (χ3v) is 5.12. The zero-order valence-electron chi connectivity index (χ0n) is 15.1. The minimum atomic E-state index is -0.442. The highest BCUT2D eigenvalue weighted by Gasteiger charge is 2.12. The molecule has 30 heavy (non-hydrogen) atoms. The number of H-pyrrole nitrogens is 1. The van der Waals surface area contributed by atoms with Crippen LogP contribution in [-0.4, -0.2) is 15.2 Å². The summed E-state index contributed by atoms with van der Waals surface area (Å²) in [5, 5.41) is 23.1. The van der Waals surface area contributed by atoms with Gasteiger partial charge in [-0.3, -0.25) is 4.79 Å². The number of hydrogen-bond acceptors (Lipinski definition) is 8. The number of aromatic nitrogens is 3. The van der Waals surface area contributed by atoms with Crippen LogP contribution in [0.2, 0.25) is 10.0 Å². The minimum Gasteiger partial charge on any atom is -0.351 e. The predicted octanol–water partition coefficient (Wildman–Crippen LogP) is 6.44. The van der Waals surface area contributed by atoms with Crippen LogP contribution < -0.4 is 16.2 Å². The van der Waals surface area contributed by atoms with Gasteiger partial charge in [-0.25, -0.2) is 0 Å². The van der Waals surface area contributed by atoms with Gasteiger partial charge in [0, 0.05) is 0 Å². The van der Waals surface area contributed by atoms with Gasteiger partial charge in [-0.05, 0) is 30.3 Å². The molecule has 0 aliphatic heterocycles. The van der Waals surface area contributed by atoms with E-state index in [1.165, 1.54) is 16.8 Å². The van der Waals surface area contributed by atoms with Crippen molar-refractivity contribution < 1.29 is 0 Å². The van der Waals surface area contributed by atoms with Crippen LogP contribution in [0.15, 0.2) is 75.1 Å². The summed E-state index contributed by atoms with van der Waals surface area (Å²) in [4.78, 5) is 15.4. The summed E-state index contributed by atoms with van der Waals surface area (Å²) in [5.74, 6) is 0.392. The van der Waals surface area contributed by atoms with Crippen LogP contribution in [0.4, 0.5) is 33.7 Å². The summed E-state index contributed by atoms with van der Waals surface area (Å²) >= 11 is 13.7. The zero-order valence-corrected chi connectivity index (χ0v) is 17.5. The lowest BCUT2D eigenvalue weighted by Gasteiger charge is -2.15. The lowest BCUT2D eigenvalue weighted by molar-refractivity contribution is 1.05. The van der Waals surface area contributed by atoms with Crippen LogP contribution in [0.25, 0.3) is 0 Å². The molecule has 0 atom stereocenters. The summed E-state index contributed by atoms with van der Waals surface area (Å²) in [6.07, 6.45) is 0. The summed E-state index contributed by atoms with van der Waals surface area (Å²) in [5.41, 5.74) is 2.97. The Morgan fingerprint density at radius 1 is 0.900 bits per heavy atom. The molecule has 0 radical (unpaired) electrons. The fourth-order valence-electron chi connectivity index (χ4n) is 2.50. The Morgan fingerprint density at radius 2 is 1.57 bits per heavy atom. The van der Waals surface area contributed by atoms with Gasteiger partial charge >= 0.3 is 0 Å². The Morgan fingerprint density at radius 3 is 2.20 bits per heavy atom. The second-order valence-electron chi connectivity index (χ2n) is 5.90. The number of rotatable bonds is 6. The number of aromatic amines is 1. The van der Waals surface area contributed by atoms with Gasteiger partial charge in [0.25, 0.3) is 10.7 Å². The monoisotopic (exact) mass is 457 g/mol. The van der Waals surface area contributed by atoms with E-state index < -0.39 is 5.56 Å². The van der Waals surface area contributed by atoms with Gasteiger partial charge in [0.1, 0.15) is 11.3 Å². The van der Waals surface area contributed by atoms with Gasteiger partial charge in [0.15, 0.2) is 5.69 Å². The Bertz CT molecular complexity index is 1260. The van der Waals surface area contributed by atoms with Crippen LogP contribution in [0, 0.1) is 0 Å². The quantitative estimate of drug-likeness (QED) is 0.289. The van der Waals surface area contributed by atoms with Crippen molar-refractivity contribution >= 4 is 68.2 Å². The number of azo groups is 1. The van der Waals surface area contributed by atoms with Gasteiger partial charge in [-0.15, -0.1) is 20.4 Å². The van der Waals surface area contributed by atoms with Crippen LogP contribution in [-0.2, 0) is 0 Å². The average Bonchev–Trinajstić information content (AvgIpc) is 3.26. The lowest BCUT2D eigenvalue weighted by Crippen LogP contribution is -2.11. The predicted molar refractivity (Wildman–Crippen MR) is 121 cm³/mol. The SMILES string of the molecule is O=c1[nH]c(Nc2ccccc2Cl)c(Nc2ccccc2Cl)cc1N=Nc1nncs1. The van der Waals surface area contributed by atoms with Crippen molar-refractivity contribution in [2.45, 2.75) is 0 Å². The van der Waals surface area contributed by atoms with E-state index in [-0.39, 0.29) is 5.69 Å². The maximum absolute atomic E-state index is 12.6. The molecular weight excluding hydrogens is 445 g/mol. The summed E-state index contributed by atoms with van der Waals surface area (Å²) in [6.45, 7) is 0. The standard InChI is InChI=1S/C19H13Cl2N7OS/c20-11-5-1-3-7-13(11)23-15-9-16(26-28-19-27-22-10-30-19)18(29)25-17(15)24-14-8-4-2-6-12(14)21/h1-10,23H,(H2,24,25,29). The molecule has 4 aromatic rings. The molecule has 0 spiro atoms. The van der Waals surface area contributed by atoms with E-state index in [1.54, 1.807) is 24.3 Å². The number of anilines is 4. The van der Waals surface area contributed by atoms with Crippen molar-refractivity contribution in [3.63, 3.8) is 0 Å². The maximum Gasteiger partial charge on any atom is 0.277 e.